The molecule has 20 heavy (non-hydrogen) atoms. The zero-order valence-electron chi connectivity index (χ0n) is 12.2. The van der Waals surface area contributed by atoms with E-state index in [1.54, 1.807) is 24.5 Å². The number of aromatic nitrogens is 1. The SMILES string of the molecule is CC(C)COC1CCN(C(=O)Nc2ccncc2)CC1. The number of likely N-dealkylation sites (tertiary alicyclic amines) is 1. The number of nitrogens with one attached hydrogen (secondary N) is 1. The van der Waals surface area contributed by atoms with Crippen molar-refractivity contribution in [3.05, 3.63) is 24.5 Å². The Kier molecular flexibility index (Phi) is 5.35. The lowest BCUT2D eigenvalue weighted by molar-refractivity contribution is 0.00300. The van der Waals surface area contributed by atoms with E-state index >= 15 is 0 Å². The van der Waals surface area contributed by atoms with Gasteiger partial charge in [-0.25, -0.2) is 4.79 Å². The van der Waals surface area contributed by atoms with Crippen molar-refractivity contribution < 1.29 is 9.53 Å². The molecule has 2 amide bonds. The number of amides is 2. The summed E-state index contributed by atoms with van der Waals surface area (Å²) in [6.45, 7) is 6.60. The van der Waals surface area contributed by atoms with Gasteiger partial charge in [0.25, 0.3) is 0 Å². The second kappa shape index (κ2) is 7.24. The quantitative estimate of drug-likeness (QED) is 0.920. The molecule has 0 aromatic carbocycles. The van der Waals surface area contributed by atoms with Gasteiger partial charge in [0.2, 0.25) is 0 Å². The number of carbonyl (C=O) groups is 1. The molecule has 1 aliphatic rings. The summed E-state index contributed by atoms with van der Waals surface area (Å²) in [5.74, 6) is 0.558. The lowest BCUT2D eigenvalue weighted by Crippen LogP contribution is -2.43. The lowest BCUT2D eigenvalue weighted by Gasteiger charge is -2.32. The molecule has 1 aromatic heterocycles. The first-order chi connectivity index (χ1) is 9.65. The topological polar surface area (TPSA) is 54.5 Å². The molecule has 110 valence electrons. The third kappa shape index (κ3) is 4.49. The Morgan fingerprint density at radius 2 is 2.05 bits per heavy atom. The van der Waals surface area contributed by atoms with Crippen molar-refractivity contribution >= 4 is 11.7 Å². The van der Waals surface area contributed by atoms with Crippen molar-refractivity contribution in [2.45, 2.75) is 32.8 Å². The summed E-state index contributed by atoms with van der Waals surface area (Å²) in [4.78, 5) is 17.9. The van der Waals surface area contributed by atoms with Crippen LogP contribution in [0.3, 0.4) is 0 Å². The van der Waals surface area contributed by atoms with E-state index in [-0.39, 0.29) is 6.03 Å². The molecule has 0 aliphatic carbocycles. The predicted molar refractivity (Wildman–Crippen MR) is 78.6 cm³/mol. The number of hydrogen-bond acceptors (Lipinski definition) is 3. The third-order valence-electron chi connectivity index (χ3n) is 3.33. The van der Waals surface area contributed by atoms with Gasteiger partial charge in [-0.3, -0.25) is 4.98 Å². The van der Waals surface area contributed by atoms with Crippen molar-refractivity contribution in [2.75, 3.05) is 25.0 Å². The number of piperidine rings is 1. The second-order valence-corrected chi connectivity index (χ2v) is 5.58. The minimum absolute atomic E-state index is 0.0430. The van der Waals surface area contributed by atoms with E-state index in [4.69, 9.17) is 4.74 Å². The average molecular weight is 277 g/mol. The molecule has 2 heterocycles. The Bertz CT molecular complexity index is 414. The van der Waals surface area contributed by atoms with Crippen LogP contribution in [0.1, 0.15) is 26.7 Å². The number of carbonyl (C=O) groups excluding carboxylic acids is 1. The molecule has 5 nitrogen and oxygen atoms in total. The molecule has 0 atom stereocenters. The van der Waals surface area contributed by atoms with Crippen LogP contribution in [0.2, 0.25) is 0 Å². The normalized spacial score (nSPS) is 16.4. The fraction of sp³-hybridized carbons (Fsp3) is 0.600. The number of nitrogens with zero attached hydrogens (tertiary/aromatic N) is 2. The Labute approximate surface area is 120 Å². The molecule has 1 fully saturated rings. The van der Waals surface area contributed by atoms with Gasteiger partial charge < -0.3 is 15.0 Å². The largest absolute Gasteiger partial charge is 0.378 e. The van der Waals surface area contributed by atoms with Crippen LogP contribution >= 0.6 is 0 Å². The fourth-order valence-corrected chi connectivity index (χ4v) is 2.19. The van der Waals surface area contributed by atoms with Crippen LogP contribution < -0.4 is 5.32 Å². The van der Waals surface area contributed by atoms with Gasteiger partial charge in [0.15, 0.2) is 0 Å². The maximum Gasteiger partial charge on any atom is 0.321 e. The first-order valence-electron chi connectivity index (χ1n) is 7.22. The number of ether oxygens (including phenoxy) is 1. The molecular formula is C15H23N3O2. The Morgan fingerprint density at radius 3 is 2.65 bits per heavy atom. The van der Waals surface area contributed by atoms with Crippen molar-refractivity contribution in [3.63, 3.8) is 0 Å². The van der Waals surface area contributed by atoms with E-state index in [0.29, 0.717) is 12.0 Å². The van der Waals surface area contributed by atoms with E-state index in [1.807, 2.05) is 4.90 Å². The molecule has 1 N–H and O–H groups in total. The number of anilines is 1. The lowest BCUT2D eigenvalue weighted by atomic mass is 10.1. The van der Waals surface area contributed by atoms with Gasteiger partial charge in [-0.05, 0) is 30.9 Å². The fourth-order valence-electron chi connectivity index (χ4n) is 2.19. The summed E-state index contributed by atoms with van der Waals surface area (Å²) in [5.41, 5.74) is 0.781. The molecule has 0 spiro atoms. The van der Waals surface area contributed by atoms with Gasteiger partial charge in [-0.1, -0.05) is 13.8 Å². The van der Waals surface area contributed by atoms with Gasteiger partial charge in [0.05, 0.1) is 6.10 Å². The summed E-state index contributed by atoms with van der Waals surface area (Å²) in [6, 6.07) is 3.53. The zero-order valence-corrected chi connectivity index (χ0v) is 12.2. The van der Waals surface area contributed by atoms with Gasteiger partial charge in [-0.2, -0.15) is 0 Å². The van der Waals surface area contributed by atoms with E-state index in [2.05, 4.69) is 24.1 Å². The molecule has 0 saturated carbocycles. The van der Waals surface area contributed by atoms with E-state index in [0.717, 1.165) is 38.2 Å². The highest BCUT2D eigenvalue weighted by Gasteiger charge is 2.23. The van der Waals surface area contributed by atoms with Gasteiger partial charge >= 0.3 is 6.03 Å². The highest BCUT2D eigenvalue weighted by Crippen LogP contribution is 2.16. The Hall–Kier alpha value is -1.62. The van der Waals surface area contributed by atoms with Crippen LogP contribution in [0.4, 0.5) is 10.5 Å². The van der Waals surface area contributed by atoms with Crippen LogP contribution in [-0.4, -0.2) is 41.7 Å². The summed E-state index contributed by atoms with van der Waals surface area (Å²) in [5, 5.41) is 2.88. The van der Waals surface area contributed by atoms with Gasteiger partial charge in [0, 0.05) is 37.8 Å². The molecule has 0 unspecified atom stereocenters. The van der Waals surface area contributed by atoms with Crippen LogP contribution in [-0.2, 0) is 4.74 Å². The van der Waals surface area contributed by atoms with Crippen LogP contribution in [0, 0.1) is 5.92 Å². The molecule has 1 saturated heterocycles. The van der Waals surface area contributed by atoms with E-state index in [1.165, 1.54) is 0 Å². The van der Waals surface area contributed by atoms with Crippen LogP contribution in [0.25, 0.3) is 0 Å². The van der Waals surface area contributed by atoms with Crippen molar-refractivity contribution in [1.29, 1.82) is 0 Å². The Balaban J connectivity index is 1.74. The molecule has 2 rings (SSSR count). The third-order valence-corrected chi connectivity index (χ3v) is 3.33. The van der Waals surface area contributed by atoms with Crippen LogP contribution in [0.15, 0.2) is 24.5 Å². The monoisotopic (exact) mass is 277 g/mol. The second-order valence-electron chi connectivity index (χ2n) is 5.58. The number of rotatable bonds is 4. The number of pyridine rings is 1. The van der Waals surface area contributed by atoms with E-state index < -0.39 is 0 Å². The Morgan fingerprint density at radius 1 is 1.40 bits per heavy atom. The van der Waals surface area contributed by atoms with Gasteiger partial charge in [-0.15, -0.1) is 0 Å². The first kappa shape index (κ1) is 14.8. The van der Waals surface area contributed by atoms with E-state index in [9.17, 15) is 4.79 Å². The standard InChI is InChI=1S/C15H23N3O2/c1-12(2)11-20-14-5-9-18(10-6-14)15(19)17-13-3-7-16-8-4-13/h3-4,7-8,12,14H,5-6,9-11H2,1-2H3,(H,16,17,19). The average Bonchev–Trinajstić information content (AvgIpc) is 2.46. The number of urea groups is 1. The highest BCUT2D eigenvalue weighted by molar-refractivity contribution is 5.89. The summed E-state index contributed by atoms with van der Waals surface area (Å²) in [7, 11) is 0. The molecular weight excluding hydrogens is 254 g/mol. The predicted octanol–water partition coefficient (Wildman–Crippen LogP) is 2.75. The minimum Gasteiger partial charge on any atom is -0.378 e. The summed E-state index contributed by atoms with van der Waals surface area (Å²) < 4.78 is 5.82. The highest BCUT2D eigenvalue weighted by atomic mass is 16.5. The number of hydrogen-bond donors (Lipinski definition) is 1. The molecule has 0 bridgehead atoms. The molecule has 0 radical (unpaired) electrons. The smallest absolute Gasteiger partial charge is 0.321 e. The molecule has 5 heteroatoms. The van der Waals surface area contributed by atoms with Gasteiger partial charge in [0.1, 0.15) is 0 Å². The molecule has 1 aliphatic heterocycles. The summed E-state index contributed by atoms with van der Waals surface area (Å²) in [6.07, 6.45) is 5.46. The minimum atomic E-state index is -0.0430. The van der Waals surface area contributed by atoms with Crippen molar-refractivity contribution in [3.8, 4) is 0 Å². The summed E-state index contributed by atoms with van der Waals surface area (Å²) >= 11 is 0. The van der Waals surface area contributed by atoms with Crippen LogP contribution in [0.5, 0.6) is 0 Å². The van der Waals surface area contributed by atoms with Crippen molar-refractivity contribution in [2.24, 2.45) is 5.92 Å². The first-order valence-corrected chi connectivity index (χ1v) is 7.22. The maximum absolute atomic E-state index is 12.1. The maximum atomic E-state index is 12.1. The zero-order chi connectivity index (χ0) is 14.4. The molecule has 1 aromatic rings. The van der Waals surface area contributed by atoms with Crippen molar-refractivity contribution in [1.82, 2.24) is 9.88 Å².